The summed E-state index contributed by atoms with van der Waals surface area (Å²) in [6.07, 6.45) is 7.40. The van der Waals surface area contributed by atoms with Crippen LogP contribution in [0.1, 0.15) is 51.9 Å². The summed E-state index contributed by atoms with van der Waals surface area (Å²) in [5.74, 6) is 0.545. The van der Waals surface area contributed by atoms with Crippen LogP contribution in [0.25, 0.3) is 0 Å². The Morgan fingerprint density at radius 1 is 1.25 bits per heavy atom. The normalized spacial score (nSPS) is 24.1. The summed E-state index contributed by atoms with van der Waals surface area (Å²) in [4.78, 5) is 26.2. The second-order valence-electron chi connectivity index (χ2n) is 7.00. The number of nitrogens with zero attached hydrogens (tertiary/aromatic N) is 1. The monoisotopic (exact) mass is 339 g/mol. The molecule has 2 fully saturated rings. The quantitative estimate of drug-likeness (QED) is 0.621. The van der Waals surface area contributed by atoms with Crippen LogP contribution in [0.15, 0.2) is 0 Å². The van der Waals surface area contributed by atoms with E-state index in [1.165, 1.54) is 0 Å². The van der Waals surface area contributed by atoms with E-state index < -0.39 is 0 Å². The van der Waals surface area contributed by atoms with Crippen LogP contribution in [-0.4, -0.2) is 62.1 Å². The topological polar surface area (TPSA) is 70.7 Å². The van der Waals surface area contributed by atoms with E-state index in [0.29, 0.717) is 19.1 Å². The molecule has 0 spiro atoms. The molecule has 0 saturated carbocycles. The van der Waals surface area contributed by atoms with Crippen molar-refractivity contribution in [2.24, 2.45) is 5.92 Å². The number of piperidine rings is 1. The number of amides is 2. The van der Waals surface area contributed by atoms with Gasteiger partial charge in [0.1, 0.15) is 6.61 Å². The Bertz CT molecular complexity index is 397. The molecule has 2 aliphatic rings. The minimum absolute atomic E-state index is 0.0251. The van der Waals surface area contributed by atoms with Crippen molar-refractivity contribution in [2.45, 2.75) is 57.9 Å². The van der Waals surface area contributed by atoms with Gasteiger partial charge in [-0.25, -0.2) is 0 Å². The second-order valence-corrected chi connectivity index (χ2v) is 7.00. The highest BCUT2D eigenvalue weighted by molar-refractivity contribution is 5.82. The average Bonchev–Trinajstić information content (AvgIpc) is 3.14. The Balaban J connectivity index is 1.63. The van der Waals surface area contributed by atoms with Gasteiger partial charge in [0.05, 0.1) is 6.04 Å². The smallest absolute Gasteiger partial charge is 0.248 e. The van der Waals surface area contributed by atoms with Gasteiger partial charge in [0.25, 0.3) is 0 Å². The van der Waals surface area contributed by atoms with Gasteiger partial charge >= 0.3 is 0 Å². The first kappa shape index (κ1) is 19.2. The third-order valence-corrected chi connectivity index (χ3v) is 4.93. The van der Waals surface area contributed by atoms with Crippen molar-refractivity contribution in [1.29, 1.82) is 0 Å². The molecule has 2 amide bonds. The molecule has 0 radical (unpaired) electrons. The van der Waals surface area contributed by atoms with Crippen molar-refractivity contribution in [2.75, 3.05) is 39.4 Å². The fraction of sp³-hybridized carbons (Fsp3) is 0.889. The number of likely N-dealkylation sites (tertiary alicyclic amines) is 1. The lowest BCUT2D eigenvalue weighted by Gasteiger charge is -2.33. The third kappa shape index (κ3) is 6.40. The molecule has 2 unspecified atom stereocenters. The summed E-state index contributed by atoms with van der Waals surface area (Å²) in [6, 6.07) is -0.0251. The minimum atomic E-state index is -0.0251. The lowest BCUT2D eigenvalue weighted by Crippen LogP contribution is -2.47. The summed E-state index contributed by atoms with van der Waals surface area (Å²) in [6.45, 7) is 6.15. The number of unbranched alkanes of at least 4 members (excludes halogenated alkanes) is 2. The summed E-state index contributed by atoms with van der Waals surface area (Å²) >= 11 is 0. The maximum Gasteiger partial charge on any atom is 0.248 e. The standard InChI is InChI=1S/C18H33N3O3/c1-2-3-4-11-24-14-17(22)21-10-6-7-15(13-21)12-20-18(23)16-8-5-9-19-16/h15-16,19H,2-14H2,1H3,(H,20,23). The predicted molar refractivity (Wildman–Crippen MR) is 93.7 cm³/mol. The largest absolute Gasteiger partial charge is 0.372 e. The molecular weight excluding hydrogens is 306 g/mol. The lowest BCUT2D eigenvalue weighted by atomic mass is 9.97. The average molecular weight is 339 g/mol. The van der Waals surface area contributed by atoms with E-state index in [1.54, 1.807) is 0 Å². The molecular formula is C18H33N3O3. The van der Waals surface area contributed by atoms with Gasteiger partial charge < -0.3 is 20.3 Å². The summed E-state index contributed by atoms with van der Waals surface area (Å²) in [5.41, 5.74) is 0. The first-order chi connectivity index (χ1) is 11.7. The van der Waals surface area contributed by atoms with Gasteiger partial charge in [0, 0.05) is 26.2 Å². The zero-order valence-corrected chi connectivity index (χ0v) is 15.0. The molecule has 2 atom stereocenters. The van der Waals surface area contributed by atoms with E-state index in [-0.39, 0.29) is 24.5 Å². The molecule has 0 aromatic rings. The number of hydrogen-bond acceptors (Lipinski definition) is 4. The molecule has 0 aromatic heterocycles. The van der Waals surface area contributed by atoms with E-state index in [0.717, 1.165) is 64.6 Å². The second kappa shape index (κ2) is 10.7. The first-order valence-corrected chi connectivity index (χ1v) is 9.57. The first-order valence-electron chi connectivity index (χ1n) is 9.57. The van der Waals surface area contributed by atoms with E-state index in [4.69, 9.17) is 4.74 Å². The van der Waals surface area contributed by atoms with E-state index >= 15 is 0 Å². The van der Waals surface area contributed by atoms with Gasteiger partial charge in [-0.2, -0.15) is 0 Å². The third-order valence-electron chi connectivity index (χ3n) is 4.93. The zero-order chi connectivity index (χ0) is 17.2. The molecule has 6 heteroatoms. The number of carbonyl (C=O) groups excluding carboxylic acids is 2. The molecule has 2 saturated heterocycles. The van der Waals surface area contributed by atoms with Crippen LogP contribution >= 0.6 is 0 Å². The highest BCUT2D eigenvalue weighted by Crippen LogP contribution is 2.16. The Labute approximate surface area is 145 Å². The fourth-order valence-electron chi connectivity index (χ4n) is 3.44. The van der Waals surface area contributed by atoms with E-state index in [2.05, 4.69) is 17.6 Å². The van der Waals surface area contributed by atoms with Crippen molar-refractivity contribution in [3.8, 4) is 0 Å². The van der Waals surface area contributed by atoms with Crippen LogP contribution in [0.3, 0.4) is 0 Å². The van der Waals surface area contributed by atoms with Crippen LogP contribution < -0.4 is 10.6 Å². The maximum absolute atomic E-state index is 12.2. The number of nitrogens with one attached hydrogen (secondary N) is 2. The number of hydrogen-bond donors (Lipinski definition) is 2. The fourth-order valence-corrected chi connectivity index (χ4v) is 3.44. The molecule has 2 heterocycles. The highest BCUT2D eigenvalue weighted by atomic mass is 16.5. The van der Waals surface area contributed by atoms with Crippen LogP contribution in [0.2, 0.25) is 0 Å². The van der Waals surface area contributed by atoms with Crippen LogP contribution in [-0.2, 0) is 14.3 Å². The van der Waals surface area contributed by atoms with Gasteiger partial charge in [0.2, 0.25) is 11.8 Å². The molecule has 2 aliphatic heterocycles. The Morgan fingerprint density at radius 2 is 2.12 bits per heavy atom. The number of carbonyl (C=O) groups is 2. The molecule has 0 aliphatic carbocycles. The maximum atomic E-state index is 12.2. The summed E-state index contributed by atoms with van der Waals surface area (Å²) < 4.78 is 5.48. The molecule has 2 rings (SSSR count). The summed E-state index contributed by atoms with van der Waals surface area (Å²) in [7, 11) is 0. The molecule has 138 valence electrons. The predicted octanol–water partition coefficient (Wildman–Crippen LogP) is 1.30. The van der Waals surface area contributed by atoms with Crippen LogP contribution in [0, 0.1) is 5.92 Å². The minimum Gasteiger partial charge on any atom is -0.372 e. The van der Waals surface area contributed by atoms with Crippen molar-refractivity contribution in [3.05, 3.63) is 0 Å². The SMILES string of the molecule is CCCCCOCC(=O)N1CCCC(CNC(=O)C2CCCN2)C1. The Hall–Kier alpha value is -1.14. The van der Waals surface area contributed by atoms with Crippen molar-refractivity contribution in [1.82, 2.24) is 15.5 Å². The van der Waals surface area contributed by atoms with Crippen molar-refractivity contribution >= 4 is 11.8 Å². The molecule has 0 aromatic carbocycles. The van der Waals surface area contributed by atoms with Gasteiger partial charge in [-0.15, -0.1) is 0 Å². The van der Waals surface area contributed by atoms with Gasteiger partial charge in [-0.3, -0.25) is 9.59 Å². The highest BCUT2D eigenvalue weighted by Gasteiger charge is 2.26. The number of rotatable bonds is 9. The van der Waals surface area contributed by atoms with Crippen LogP contribution in [0.5, 0.6) is 0 Å². The lowest BCUT2D eigenvalue weighted by molar-refractivity contribution is -0.138. The molecule has 6 nitrogen and oxygen atoms in total. The van der Waals surface area contributed by atoms with Crippen molar-refractivity contribution in [3.63, 3.8) is 0 Å². The van der Waals surface area contributed by atoms with Gasteiger partial charge in [0.15, 0.2) is 0 Å². The van der Waals surface area contributed by atoms with Crippen LogP contribution in [0.4, 0.5) is 0 Å². The Morgan fingerprint density at radius 3 is 2.88 bits per heavy atom. The molecule has 0 bridgehead atoms. The van der Waals surface area contributed by atoms with Gasteiger partial charge in [-0.05, 0) is 44.6 Å². The zero-order valence-electron chi connectivity index (χ0n) is 15.0. The van der Waals surface area contributed by atoms with E-state index in [9.17, 15) is 9.59 Å². The Kier molecular flexibility index (Phi) is 8.53. The molecule has 2 N–H and O–H groups in total. The van der Waals surface area contributed by atoms with E-state index in [1.807, 2.05) is 4.90 Å². The number of ether oxygens (including phenoxy) is 1. The van der Waals surface area contributed by atoms with Gasteiger partial charge in [-0.1, -0.05) is 19.8 Å². The molecule has 24 heavy (non-hydrogen) atoms. The summed E-state index contributed by atoms with van der Waals surface area (Å²) in [5, 5.41) is 6.27. The van der Waals surface area contributed by atoms with Crippen molar-refractivity contribution < 1.29 is 14.3 Å².